The van der Waals surface area contributed by atoms with Gasteiger partial charge >= 0.3 is 0 Å². The van der Waals surface area contributed by atoms with Crippen LogP contribution >= 0.6 is 0 Å². The molecule has 0 fully saturated rings. The summed E-state index contributed by atoms with van der Waals surface area (Å²) in [5.74, 6) is 1.39. The van der Waals surface area contributed by atoms with E-state index in [1.54, 1.807) is 0 Å². The van der Waals surface area contributed by atoms with Crippen LogP contribution in [0.1, 0.15) is 18.1 Å². The van der Waals surface area contributed by atoms with E-state index in [9.17, 15) is 0 Å². The summed E-state index contributed by atoms with van der Waals surface area (Å²) in [6.07, 6.45) is 0. The lowest BCUT2D eigenvalue weighted by Crippen LogP contribution is -2.26. The summed E-state index contributed by atoms with van der Waals surface area (Å²) in [7, 11) is 0. The molecule has 0 bridgehead atoms. The highest BCUT2D eigenvalue weighted by atomic mass is 15.3. The average molecular weight is 265 g/mol. The first kappa shape index (κ1) is 12.9. The molecule has 0 atom stereocenters. The van der Waals surface area contributed by atoms with Gasteiger partial charge in [-0.05, 0) is 11.1 Å². The second kappa shape index (κ2) is 5.91. The first-order chi connectivity index (χ1) is 9.83. The van der Waals surface area contributed by atoms with E-state index in [1.807, 2.05) is 0 Å². The average Bonchev–Trinajstić information content (AvgIpc) is 2.83. The molecule has 0 radical (unpaired) electrons. The van der Waals surface area contributed by atoms with Crippen molar-refractivity contribution in [2.24, 2.45) is 0 Å². The number of rotatable bonds is 4. The number of hydrogen-bond donors (Lipinski definition) is 0. The quantitative estimate of drug-likeness (QED) is 0.770. The summed E-state index contributed by atoms with van der Waals surface area (Å²) in [5, 5.41) is 0. The van der Waals surface area contributed by atoms with Crippen LogP contribution in [0.25, 0.3) is 0 Å². The van der Waals surface area contributed by atoms with E-state index in [0.717, 1.165) is 26.2 Å². The van der Waals surface area contributed by atoms with Crippen LogP contribution in [-0.2, 0) is 13.1 Å². The van der Waals surface area contributed by atoms with Crippen molar-refractivity contribution in [3.05, 3.63) is 71.8 Å². The van der Waals surface area contributed by atoms with Gasteiger partial charge in [0.05, 0.1) is 0 Å². The molecular formula is C18H21N2+. The Morgan fingerprint density at radius 1 is 0.900 bits per heavy atom. The Morgan fingerprint density at radius 2 is 1.50 bits per heavy atom. The SMILES string of the molecule is CC1=[N+](Cc2ccccc2)CCN1Cc1ccccc1. The van der Waals surface area contributed by atoms with Crippen molar-refractivity contribution >= 4 is 5.84 Å². The number of hydrogen-bond acceptors (Lipinski definition) is 1. The van der Waals surface area contributed by atoms with Crippen LogP contribution < -0.4 is 0 Å². The molecule has 0 N–H and O–H groups in total. The monoisotopic (exact) mass is 265 g/mol. The molecule has 2 aromatic carbocycles. The number of nitrogens with zero attached hydrogens (tertiary/aromatic N) is 2. The molecule has 1 aliphatic rings. The third-order valence-corrected chi connectivity index (χ3v) is 3.99. The van der Waals surface area contributed by atoms with Gasteiger partial charge in [0.15, 0.2) is 0 Å². The van der Waals surface area contributed by atoms with Gasteiger partial charge < -0.3 is 0 Å². The molecule has 1 aliphatic heterocycles. The minimum atomic E-state index is 1.01. The standard InChI is InChI=1S/C18H21N2/c1-16-19(14-17-8-4-2-5-9-17)12-13-20(16)15-18-10-6-3-7-11-18/h2-11H,12-15H2,1H3/q+1. The highest BCUT2D eigenvalue weighted by Gasteiger charge is 2.26. The van der Waals surface area contributed by atoms with Gasteiger partial charge in [0.25, 0.3) is 0 Å². The summed E-state index contributed by atoms with van der Waals surface area (Å²) in [5.41, 5.74) is 2.77. The highest BCUT2D eigenvalue weighted by Crippen LogP contribution is 2.11. The first-order valence-corrected chi connectivity index (χ1v) is 7.24. The molecule has 0 aliphatic carbocycles. The van der Waals surface area contributed by atoms with Crippen molar-refractivity contribution in [1.82, 2.24) is 4.90 Å². The van der Waals surface area contributed by atoms with E-state index in [1.165, 1.54) is 17.0 Å². The third-order valence-electron chi connectivity index (χ3n) is 3.99. The van der Waals surface area contributed by atoms with Gasteiger partial charge in [-0.25, -0.2) is 0 Å². The van der Waals surface area contributed by atoms with Crippen LogP contribution in [0.2, 0.25) is 0 Å². The lowest BCUT2D eigenvalue weighted by Gasteiger charge is -2.10. The molecule has 2 nitrogen and oxygen atoms in total. The molecule has 0 unspecified atom stereocenters. The number of amidine groups is 1. The lowest BCUT2D eigenvalue weighted by atomic mass is 10.2. The Kier molecular flexibility index (Phi) is 3.82. The van der Waals surface area contributed by atoms with Gasteiger partial charge in [-0.2, -0.15) is 0 Å². The van der Waals surface area contributed by atoms with Crippen molar-refractivity contribution in [2.45, 2.75) is 20.0 Å². The Balaban J connectivity index is 1.70. The summed E-state index contributed by atoms with van der Waals surface area (Å²) in [4.78, 5) is 2.47. The minimum Gasteiger partial charge on any atom is -0.258 e. The summed E-state index contributed by atoms with van der Waals surface area (Å²) >= 11 is 0. The molecule has 0 saturated heterocycles. The van der Waals surface area contributed by atoms with Crippen molar-refractivity contribution in [2.75, 3.05) is 13.1 Å². The van der Waals surface area contributed by atoms with Gasteiger partial charge in [0, 0.05) is 6.92 Å². The topological polar surface area (TPSA) is 6.25 Å². The molecule has 20 heavy (non-hydrogen) atoms. The smallest absolute Gasteiger partial charge is 0.244 e. The Hall–Kier alpha value is -2.09. The second-order valence-corrected chi connectivity index (χ2v) is 5.36. The fourth-order valence-corrected chi connectivity index (χ4v) is 2.76. The first-order valence-electron chi connectivity index (χ1n) is 7.24. The molecule has 102 valence electrons. The van der Waals surface area contributed by atoms with Crippen LogP contribution in [0.3, 0.4) is 0 Å². The van der Waals surface area contributed by atoms with Crippen LogP contribution in [0.15, 0.2) is 60.7 Å². The Labute approximate surface area is 121 Å². The predicted molar refractivity (Wildman–Crippen MR) is 82.8 cm³/mol. The van der Waals surface area contributed by atoms with Gasteiger partial charge in [0.1, 0.15) is 26.2 Å². The normalized spacial score (nSPS) is 14.9. The van der Waals surface area contributed by atoms with Crippen molar-refractivity contribution < 1.29 is 4.58 Å². The van der Waals surface area contributed by atoms with Crippen LogP contribution in [-0.4, -0.2) is 28.4 Å². The molecule has 1 heterocycles. The zero-order valence-corrected chi connectivity index (χ0v) is 12.0. The van der Waals surface area contributed by atoms with Gasteiger partial charge in [-0.3, -0.25) is 9.48 Å². The van der Waals surface area contributed by atoms with E-state index in [4.69, 9.17) is 0 Å². The van der Waals surface area contributed by atoms with Crippen molar-refractivity contribution in [3.8, 4) is 0 Å². The molecule has 0 spiro atoms. The van der Waals surface area contributed by atoms with E-state index in [2.05, 4.69) is 77.1 Å². The fraction of sp³-hybridized carbons (Fsp3) is 0.278. The van der Waals surface area contributed by atoms with Gasteiger partial charge in [-0.15, -0.1) is 0 Å². The summed E-state index contributed by atoms with van der Waals surface area (Å²) in [6.45, 7) is 6.50. The van der Waals surface area contributed by atoms with E-state index in [0.29, 0.717) is 0 Å². The maximum Gasteiger partial charge on any atom is 0.244 e. The van der Waals surface area contributed by atoms with Crippen molar-refractivity contribution in [1.29, 1.82) is 0 Å². The maximum atomic E-state index is 2.47. The van der Waals surface area contributed by atoms with Crippen LogP contribution in [0.4, 0.5) is 0 Å². The molecule has 0 aromatic heterocycles. The number of benzene rings is 2. The summed E-state index contributed by atoms with van der Waals surface area (Å²) in [6, 6.07) is 21.4. The fourth-order valence-electron chi connectivity index (χ4n) is 2.76. The van der Waals surface area contributed by atoms with E-state index in [-0.39, 0.29) is 0 Å². The minimum absolute atomic E-state index is 1.01. The van der Waals surface area contributed by atoms with Gasteiger partial charge in [0.2, 0.25) is 5.84 Å². The molecule has 2 heteroatoms. The molecule has 0 saturated carbocycles. The van der Waals surface area contributed by atoms with E-state index >= 15 is 0 Å². The zero-order valence-electron chi connectivity index (χ0n) is 12.0. The maximum absolute atomic E-state index is 2.47. The molecule has 0 amide bonds. The lowest BCUT2D eigenvalue weighted by molar-refractivity contribution is -0.534. The van der Waals surface area contributed by atoms with E-state index < -0.39 is 0 Å². The Bertz CT molecular complexity index is 587. The van der Waals surface area contributed by atoms with Crippen LogP contribution in [0.5, 0.6) is 0 Å². The summed E-state index contributed by atoms with van der Waals surface area (Å²) < 4.78 is 2.47. The molecular weight excluding hydrogens is 244 g/mol. The molecule has 2 aromatic rings. The highest BCUT2D eigenvalue weighted by molar-refractivity contribution is 5.75. The Morgan fingerprint density at radius 3 is 2.15 bits per heavy atom. The predicted octanol–water partition coefficient (Wildman–Crippen LogP) is 3.13. The third kappa shape index (κ3) is 2.90. The second-order valence-electron chi connectivity index (χ2n) is 5.36. The molecule has 3 rings (SSSR count). The largest absolute Gasteiger partial charge is 0.258 e. The van der Waals surface area contributed by atoms with Gasteiger partial charge in [-0.1, -0.05) is 60.7 Å². The zero-order chi connectivity index (χ0) is 13.8. The van der Waals surface area contributed by atoms with Crippen molar-refractivity contribution in [3.63, 3.8) is 0 Å². The van der Waals surface area contributed by atoms with Crippen LogP contribution in [0, 0.1) is 0 Å².